The molecule has 0 saturated carbocycles. The summed E-state index contributed by atoms with van der Waals surface area (Å²) in [6, 6.07) is 3.65. The number of aromatic nitrogens is 3. The van der Waals surface area contributed by atoms with Crippen LogP contribution in [0, 0.1) is 0 Å². The molecule has 94 valence electrons. The van der Waals surface area contributed by atoms with Crippen LogP contribution in [0.3, 0.4) is 0 Å². The zero-order valence-electron chi connectivity index (χ0n) is 8.79. The maximum Gasteiger partial charge on any atom is 0.264 e. The van der Waals surface area contributed by atoms with E-state index in [1.54, 1.807) is 0 Å². The Bertz CT molecular complexity index is 708. The van der Waals surface area contributed by atoms with Crippen molar-refractivity contribution >= 4 is 27.4 Å². The summed E-state index contributed by atoms with van der Waals surface area (Å²) in [5.41, 5.74) is -0.390. The highest BCUT2D eigenvalue weighted by Crippen LogP contribution is 2.13. The van der Waals surface area contributed by atoms with E-state index in [9.17, 15) is 13.2 Å². The molecule has 0 unspecified atom stereocenters. The van der Waals surface area contributed by atoms with Crippen molar-refractivity contribution in [3.8, 4) is 0 Å². The molecule has 0 fully saturated rings. The van der Waals surface area contributed by atoms with Crippen LogP contribution in [0.5, 0.6) is 0 Å². The standard InChI is InChI=1S/C9H7ClN4O3S/c10-9-11-4-3-7(13-9)14-18(16,17)6-1-2-8(15)12-5-6/h1-5H,(H,12,15)(H,11,13,14). The summed E-state index contributed by atoms with van der Waals surface area (Å²) < 4.78 is 26.0. The summed E-state index contributed by atoms with van der Waals surface area (Å²) in [6.45, 7) is 0. The minimum atomic E-state index is -3.82. The second-order valence-electron chi connectivity index (χ2n) is 3.21. The lowest BCUT2D eigenvalue weighted by Crippen LogP contribution is -2.16. The third-order valence-corrected chi connectivity index (χ3v) is 3.47. The van der Waals surface area contributed by atoms with E-state index in [0.29, 0.717) is 0 Å². The van der Waals surface area contributed by atoms with E-state index in [2.05, 4.69) is 19.7 Å². The average Bonchev–Trinajstić information content (AvgIpc) is 2.29. The van der Waals surface area contributed by atoms with Gasteiger partial charge in [-0.25, -0.2) is 13.4 Å². The molecule has 18 heavy (non-hydrogen) atoms. The summed E-state index contributed by atoms with van der Waals surface area (Å²) >= 11 is 5.54. The summed E-state index contributed by atoms with van der Waals surface area (Å²) in [4.78, 5) is 20.3. The molecule has 2 aromatic heterocycles. The van der Waals surface area contributed by atoms with Crippen LogP contribution in [0.2, 0.25) is 5.28 Å². The first-order valence-corrected chi connectivity index (χ1v) is 6.53. The van der Waals surface area contributed by atoms with Crippen LogP contribution in [-0.4, -0.2) is 23.4 Å². The predicted molar refractivity (Wildman–Crippen MR) is 64.9 cm³/mol. The Kier molecular flexibility index (Phi) is 3.30. The third-order valence-electron chi connectivity index (χ3n) is 1.93. The van der Waals surface area contributed by atoms with Crippen molar-refractivity contribution in [2.24, 2.45) is 0 Å². The Morgan fingerprint density at radius 3 is 2.67 bits per heavy atom. The van der Waals surface area contributed by atoms with Gasteiger partial charge in [0.25, 0.3) is 10.0 Å². The zero-order valence-corrected chi connectivity index (χ0v) is 10.4. The van der Waals surface area contributed by atoms with Gasteiger partial charge in [0.2, 0.25) is 10.8 Å². The minimum absolute atomic E-state index is 0.0428. The van der Waals surface area contributed by atoms with Gasteiger partial charge in [-0.3, -0.25) is 9.52 Å². The van der Waals surface area contributed by atoms with Gasteiger partial charge in [0.1, 0.15) is 10.7 Å². The Labute approximate surface area is 107 Å². The van der Waals surface area contributed by atoms with Crippen LogP contribution in [0.15, 0.2) is 40.3 Å². The van der Waals surface area contributed by atoms with Gasteiger partial charge in [-0.1, -0.05) is 0 Å². The van der Waals surface area contributed by atoms with Crippen LogP contribution in [0.1, 0.15) is 0 Å². The van der Waals surface area contributed by atoms with Crippen molar-refractivity contribution in [3.63, 3.8) is 0 Å². The highest BCUT2D eigenvalue weighted by atomic mass is 35.5. The number of halogens is 1. The molecule has 0 aliphatic rings. The lowest BCUT2D eigenvalue weighted by atomic mass is 10.5. The van der Waals surface area contributed by atoms with Gasteiger partial charge >= 0.3 is 0 Å². The van der Waals surface area contributed by atoms with Crippen LogP contribution in [0.4, 0.5) is 5.82 Å². The van der Waals surface area contributed by atoms with Gasteiger partial charge in [0, 0.05) is 18.5 Å². The van der Waals surface area contributed by atoms with Crippen molar-refractivity contribution in [2.75, 3.05) is 4.72 Å². The van der Waals surface area contributed by atoms with Crippen molar-refractivity contribution < 1.29 is 8.42 Å². The second-order valence-corrected chi connectivity index (χ2v) is 5.23. The summed E-state index contributed by atoms with van der Waals surface area (Å²) in [5, 5.41) is -0.0725. The Morgan fingerprint density at radius 1 is 1.28 bits per heavy atom. The van der Waals surface area contributed by atoms with E-state index in [0.717, 1.165) is 12.3 Å². The first kappa shape index (κ1) is 12.5. The highest BCUT2D eigenvalue weighted by molar-refractivity contribution is 7.92. The average molecular weight is 287 g/mol. The number of anilines is 1. The van der Waals surface area contributed by atoms with Crippen LogP contribution < -0.4 is 10.3 Å². The van der Waals surface area contributed by atoms with Crippen molar-refractivity contribution in [1.29, 1.82) is 0 Å². The molecule has 7 nitrogen and oxygen atoms in total. The number of rotatable bonds is 3. The first-order chi connectivity index (χ1) is 8.47. The molecule has 2 aromatic rings. The number of H-pyrrole nitrogens is 1. The van der Waals surface area contributed by atoms with Gasteiger partial charge in [0.15, 0.2) is 0 Å². The molecule has 0 atom stereocenters. The fourth-order valence-electron chi connectivity index (χ4n) is 1.15. The minimum Gasteiger partial charge on any atom is -0.328 e. The maximum atomic E-state index is 11.9. The number of nitrogens with one attached hydrogen (secondary N) is 2. The van der Waals surface area contributed by atoms with E-state index in [1.165, 1.54) is 18.3 Å². The van der Waals surface area contributed by atoms with Crippen LogP contribution in [-0.2, 0) is 10.0 Å². The number of aromatic amines is 1. The van der Waals surface area contributed by atoms with E-state index < -0.39 is 10.0 Å². The third kappa shape index (κ3) is 2.84. The predicted octanol–water partition coefficient (Wildman–Crippen LogP) is 0.619. The van der Waals surface area contributed by atoms with Gasteiger partial charge < -0.3 is 4.98 Å². The highest BCUT2D eigenvalue weighted by Gasteiger charge is 2.15. The van der Waals surface area contributed by atoms with Crippen molar-refractivity contribution in [2.45, 2.75) is 4.90 Å². The zero-order chi connectivity index (χ0) is 13.2. The molecule has 2 heterocycles. The monoisotopic (exact) mass is 286 g/mol. The molecule has 0 amide bonds. The topological polar surface area (TPSA) is 105 Å². The molecule has 2 rings (SSSR count). The van der Waals surface area contributed by atoms with Crippen LogP contribution >= 0.6 is 11.6 Å². The molecule has 0 radical (unpaired) electrons. The van der Waals surface area contributed by atoms with E-state index in [-0.39, 0.29) is 21.6 Å². The summed E-state index contributed by atoms with van der Waals surface area (Å²) in [7, 11) is -3.82. The van der Waals surface area contributed by atoms with Crippen LogP contribution in [0.25, 0.3) is 0 Å². The van der Waals surface area contributed by atoms with E-state index >= 15 is 0 Å². The van der Waals surface area contributed by atoms with Gasteiger partial charge in [0.05, 0.1) is 0 Å². The fourth-order valence-corrected chi connectivity index (χ4v) is 2.27. The molecule has 0 aliphatic heterocycles. The molecule has 0 saturated heterocycles. The molecule has 0 aliphatic carbocycles. The molecular formula is C9H7ClN4O3S. The first-order valence-electron chi connectivity index (χ1n) is 4.67. The molecule has 0 aromatic carbocycles. The Balaban J connectivity index is 2.33. The maximum absolute atomic E-state index is 11.9. The SMILES string of the molecule is O=c1ccc(S(=O)(=O)Nc2ccnc(Cl)n2)c[nH]1. The summed E-state index contributed by atoms with van der Waals surface area (Å²) in [6.07, 6.45) is 2.41. The molecule has 0 spiro atoms. The number of pyridine rings is 1. The van der Waals surface area contributed by atoms with E-state index in [1.807, 2.05) is 0 Å². The number of hydrogen-bond acceptors (Lipinski definition) is 5. The van der Waals surface area contributed by atoms with Gasteiger partial charge in [-0.15, -0.1) is 0 Å². The lowest BCUT2D eigenvalue weighted by Gasteiger charge is -2.06. The molecule has 2 N–H and O–H groups in total. The largest absolute Gasteiger partial charge is 0.328 e. The van der Waals surface area contributed by atoms with Gasteiger partial charge in [-0.05, 0) is 23.7 Å². The van der Waals surface area contributed by atoms with E-state index in [4.69, 9.17) is 11.6 Å². The number of sulfonamides is 1. The van der Waals surface area contributed by atoms with Gasteiger partial charge in [-0.2, -0.15) is 4.98 Å². The normalized spacial score (nSPS) is 11.2. The molecule has 0 bridgehead atoms. The Morgan fingerprint density at radius 2 is 2.06 bits per heavy atom. The Hall–Kier alpha value is -1.93. The molecule has 9 heteroatoms. The smallest absolute Gasteiger partial charge is 0.264 e. The number of hydrogen-bond donors (Lipinski definition) is 2. The quantitative estimate of drug-likeness (QED) is 0.805. The lowest BCUT2D eigenvalue weighted by molar-refractivity contribution is 0.600. The summed E-state index contributed by atoms with van der Waals surface area (Å²) in [5.74, 6) is 0.0428. The molecular weight excluding hydrogens is 280 g/mol. The fraction of sp³-hybridized carbons (Fsp3) is 0. The second kappa shape index (κ2) is 4.75. The van der Waals surface area contributed by atoms with Crippen molar-refractivity contribution in [1.82, 2.24) is 15.0 Å². The van der Waals surface area contributed by atoms with Crippen molar-refractivity contribution in [3.05, 3.63) is 46.2 Å². The number of nitrogens with zero attached hydrogens (tertiary/aromatic N) is 2.